The molecular weight excluding hydrogens is 276 g/mol. The van der Waals surface area contributed by atoms with Crippen LogP contribution in [0.25, 0.3) is 11.4 Å². The lowest BCUT2D eigenvalue weighted by Crippen LogP contribution is -2.28. The Labute approximate surface area is 128 Å². The van der Waals surface area contributed by atoms with Crippen LogP contribution in [0, 0.1) is 0 Å². The first-order valence-electron chi connectivity index (χ1n) is 7.00. The van der Waals surface area contributed by atoms with Crippen molar-refractivity contribution in [3.8, 4) is 11.4 Å². The van der Waals surface area contributed by atoms with Crippen molar-refractivity contribution in [3.05, 3.63) is 72.6 Å². The minimum Gasteiger partial charge on any atom is -0.345 e. The number of benzene rings is 2. The van der Waals surface area contributed by atoms with Crippen LogP contribution in [0.1, 0.15) is 5.56 Å². The van der Waals surface area contributed by atoms with Gasteiger partial charge >= 0.3 is 6.03 Å². The zero-order valence-corrected chi connectivity index (χ0v) is 11.9. The second-order valence-corrected chi connectivity index (χ2v) is 4.81. The molecule has 1 heterocycles. The van der Waals surface area contributed by atoms with Crippen molar-refractivity contribution in [2.24, 2.45) is 0 Å². The molecule has 3 aromatic rings. The van der Waals surface area contributed by atoms with E-state index in [2.05, 4.69) is 20.6 Å². The molecule has 0 bridgehead atoms. The van der Waals surface area contributed by atoms with Gasteiger partial charge in [-0.15, -0.1) is 0 Å². The van der Waals surface area contributed by atoms with Gasteiger partial charge in [0.2, 0.25) is 0 Å². The maximum Gasteiger partial charge on any atom is 0.319 e. The van der Waals surface area contributed by atoms with Gasteiger partial charge in [0.05, 0.1) is 0 Å². The summed E-state index contributed by atoms with van der Waals surface area (Å²) in [4.78, 5) is 19.2. The van der Waals surface area contributed by atoms with E-state index in [1.165, 1.54) is 0 Å². The molecule has 0 radical (unpaired) electrons. The molecule has 3 N–H and O–H groups in total. The zero-order chi connectivity index (χ0) is 15.2. The summed E-state index contributed by atoms with van der Waals surface area (Å²) in [6.07, 6.45) is 3.46. The number of urea groups is 1. The Morgan fingerprint density at radius 3 is 2.73 bits per heavy atom. The molecule has 0 aliphatic carbocycles. The largest absolute Gasteiger partial charge is 0.345 e. The molecule has 0 fully saturated rings. The van der Waals surface area contributed by atoms with Crippen LogP contribution in [0.2, 0.25) is 0 Å². The van der Waals surface area contributed by atoms with Gasteiger partial charge in [-0.3, -0.25) is 0 Å². The van der Waals surface area contributed by atoms with E-state index in [1.54, 1.807) is 12.4 Å². The summed E-state index contributed by atoms with van der Waals surface area (Å²) in [6, 6.07) is 17.1. The lowest BCUT2D eigenvalue weighted by atomic mass is 10.2. The van der Waals surface area contributed by atoms with Gasteiger partial charge in [0.25, 0.3) is 0 Å². The van der Waals surface area contributed by atoms with Gasteiger partial charge in [0.1, 0.15) is 5.82 Å². The van der Waals surface area contributed by atoms with E-state index in [1.807, 2.05) is 54.6 Å². The number of imidazole rings is 1. The molecule has 0 spiro atoms. The Kier molecular flexibility index (Phi) is 4.15. The fourth-order valence-corrected chi connectivity index (χ4v) is 2.12. The van der Waals surface area contributed by atoms with E-state index in [0.717, 1.165) is 22.6 Å². The predicted octanol–water partition coefficient (Wildman–Crippen LogP) is 3.40. The standard InChI is InChI=1S/C17H16N4O/c22-17(20-12-13-5-2-1-3-6-13)21-15-8-4-7-14(11-15)16-18-9-10-19-16/h1-11H,12H2,(H,18,19)(H2,20,21,22). The quantitative estimate of drug-likeness (QED) is 0.689. The van der Waals surface area contributed by atoms with Crippen LogP contribution in [0.4, 0.5) is 10.5 Å². The molecule has 5 nitrogen and oxygen atoms in total. The van der Waals surface area contributed by atoms with Gasteiger partial charge in [0.15, 0.2) is 0 Å². The number of hydrogen-bond acceptors (Lipinski definition) is 2. The highest BCUT2D eigenvalue weighted by atomic mass is 16.2. The van der Waals surface area contributed by atoms with Gasteiger partial charge in [0, 0.05) is 30.2 Å². The first-order chi connectivity index (χ1) is 10.8. The maximum atomic E-state index is 11.9. The summed E-state index contributed by atoms with van der Waals surface area (Å²) >= 11 is 0. The van der Waals surface area contributed by atoms with Crippen molar-refractivity contribution in [2.45, 2.75) is 6.54 Å². The minimum absolute atomic E-state index is 0.236. The average Bonchev–Trinajstić information content (AvgIpc) is 3.09. The summed E-state index contributed by atoms with van der Waals surface area (Å²) in [7, 11) is 0. The summed E-state index contributed by atoms with van der Waals surface area (Å²) < 4.78 is 0. The number of carbonyl (C=O) groups is 1. The number of amides is 2. The molecule has 1 aromatic heterocycles. The SMILES string of the molecule is O=C(NCc1ccccc1)Nc1cccc(-c2ncc[nH]2)c1. The first-order valence-corrected chi connectivity index (χ1v) is 7.00. The van der Waals surface area contributed by atoms with E-state index in [-0.39, 0.29) is 6.03 Å². The van der Waals surface area contributed by atoms with Crippen LogP contribution >= 0.6 is 0 Å². The van der Waals surface area contributed by atoms with Crippen LogP contribution in [0.5, 0.6) is 0 Å². The van der Waals surface area contributed by atoms with Gasteiger partial charge in [-0.25, -0.2) is 9.78 Å². The highest BCUT2D eigenvalue weighted by molar-refractivity contribution is 5.89. The molecule has 0 saturated heterocycles. The monoisotopic (exact) mass is 292 g/mol. The number of H-pyrrole nitrogens is 1. The van der Waals surface area contributed by atoms with Crippen LogP contribution in [-0.4, -0.2) is 16.0 Å². The van der Waals surface area contributed by atoms with E-state index >= 15 is 0 Å². The Hall–Kier alpha value is -3.08. The third kappa shape index (κ3) is 3.52. The summed E-state index contributed by atoms with van der Waals surface area (Å²) in [5, 5.41) is 5.65. The fourth-order valence-electron chi connectivity index (χ4n) is 2.12. The highest BCUT2D eigenvalue weighted by Crippen LogP contribution is 2.18. The Bertz CT molecular complexity index is 738. The van der Waals surface area contributed by atoms with Crippen molar-refractivity contribution in [2.75, 3.05) is 5.32 Å². The molecule has 22 heavy (non-hydrogen) atoms. The first kappa shape index (κ1) is 13.9. The van der Waals surface area contributed by atoms with Crippen molar-refractivity contribution >= 4 is 11.7 Å². The molecule has 0 aliphatic heterocycles. The van der Waals surface area contributed by atoms with Crippen molar-refractivity contribution in [3.63, 3.8) is 0 Å². The number of rotatable bonds is 4. The molecule has 3 rings (SSSR count). The Balaban J connectivity index is 1.61. The van der Waals surface area contributed by atoms with E-state index in [9.17, 15) is 4.79 Å². The molecule has 0 atom stereocenters. The lowest BCUT2D eigenvalue weighted by Gasteiger charge is -2.08. The number of carbonyl (C=O) groups excluding carboxylic acids is 1. The summed E-state index contributed by atoms with van der Waals surface area (Å²) in [5.41, 5.74) is 2.70. The molecule has 2 aromatic carbocycles. The van der Waals surface area contributed by atoms with Crippen molar-refractivity contribution in [1.82, 2.24) is 15.3 Å². The maximum absolute atomic E-state index is 11.9. The number of hydrogen-bond donors (Lipinski definition) is 3. The third-order valence-corrected chi connectivity index (χ3v) is 3.19. The van der Waals surface area contributed by atoms with Gasteiger partial charge < -0.3 is 15.6 Å². The van der Waals surface area contributed by atoms with Crippen LogP contribution < -0.4 is 10.6 Å². The third-order valence-electron chi connectivity index (χ3n) is 3.19. The molecule has 0 saturated carbocycles. The molecule has 2 amide bonds. The topological polar surface area (TPSA) is 69.8 Å². The van der Waals surface area contributed by atoms with Gasteiger partial charge in [-0.2, -0.15) is 0 Å². The zero-order valence-electron chi connectivity index (χ0n) is 11.9. The molecule has 0 aliphatic rings. The molecular formula is C17H16N4O. The van der Waals surface area contributed by atoms with Crippen LogP contribution in [0.3, 0.4) is 0 Å². The predicted molar refractivity (Wildman–Crippen MR) is 86.3 cm³/mol. The smallest absolute Gasteiger partial charge is 0.319 e. The number of aromatic nitrogens is 2. The van der Waals surface area contributed by atoms with Crippen LogP contribution in [0.15, 0.2) is 67.0 Å². The molecule has 110 valence electrons. The Morgan fingerprint density at radius 2 is 1.95 bits per heavy atom. The number of anilines is 1. The molecule has 5 heteroatoms. The highest BCUT2D eigenvalue weighted by Gasteiger charge is 2.04. The van der Waals surface area contributed by atoms with Crippen LogP contribution in [-0.2, 0) is 6.54 Å². The lowest BCUT2D eigenvalue weighted by molar-refractivity contribution is 0.251. The number of nitrogens with one attached hydrogen (secondary N) is 3. The second-order valence-electron chi connectivity index (χ2n) is 4.81. The number of aromatic amines is 1. The fraction of sp³-hybridized carbons (Fsp3) is 0.0588. The number of nitrogens with zero attached hydrogens (tertiary/aromatic N) is 1. The van der Waals surface area contributed by atoms with E-state index < -0.39 is 0 Å². The van der Waals surface area contributed by atoms with Gasteiger partial charge in [-0.1, -0.05) is 42.5 Å². The molecule has 0 unspecified atom stereocenters. The second kappa shape index (κ2) is 6.58. The van der Waals surface area contributed by atoms with E-state index in [4.69, 9.17) is 0 Å². The Morgan fingerprint density at radius 1 is 1.09 bits per heavy atom. The van der Waals surface area contributed by atoms with E-state index in [0.29, 0.717) is 6.54 Å². The minimum atomic E-state index is -0.236. The average molecular weight is 292 g/mol. The normalized spacial score (nSPS) is 10.2. The van der Waals surface area contributed by atoms with Gasteiger partial charge in [-0.05, 0) is 17.7 Å². The summed E-state index contributed by atoms with van der Waals surface area (Å²) in [5.74, 6) is 0.772. The summed E-state index contributed by atoms with van der Waals surface area (Å²) in [6.45, 7) is 0.491. The van der Waals surface area contributed by atoms with Crippen molar-refractivity contribution < 1.29 is 4.79 Å². The van der Waals surface area contributed by atoms with Crippen molar-refractivity contribution in [1.29, 1.82) is 0 Å².